The average Bonchev–Trinajstić information content (AvgIpc) is 3.07. The number of carbonyl (C=O) groups is 2. The van der Waals surface area contributed by atoms with E-state index < -0.39 is 9.75 Å². The largest absolute Gasteiger partial charge is 0.379 e. The molecule has 1 unspecified atom stereocenters. The van der Waals surface area contributed by atoms with Crippen LogP contribution in [0.2, 0.25) is 0 Å². The van der Waals surface area contributed by atoms with Gasteiger partial charge >= 0.3 is 0 Å². The summed E-state index contributed by atoms with van der Waals surface area (Å²) in [5.41, 5.74) is -0.671. The second-order valence-electron chi connectivity index (χ2n) is 6.77. The van der Waals surface area contributed by atoms with Gasteiger partial charge in [0.1, 0.15) is 4.33 Å². The number of carbonyl (C=O) groups excluding carboxylic acids is 2. The maximum atomic E-state index is 12.5. The van der Waals surface area contributed by atoms with Gasteiger partial charge in [0.05, 0.1) is 25.2 Å². The van der Waals surface area contributed by atoms with E-state index in [2.05, 4.69) is 4.90 Å². The zero-order valence-corrected chi connectivity index (χ0v) is 14.9. The summed E-state index contributed by atoms with van der Waals surface area (Å²) in [5, 5.41) is 0. The highest BCUT2D eigenvalue weighted by atomic mass is 35.5. The minimum Gasteiger partial charge on any atom is -0.379 e. The molecule has 8 heteroatoms. The maximum absolute atomic E-state index is 12.5. The molecule has 3 fully saturated rings. The number of hydrogen-bond donors (Lipinski definition) is 0. The van der Waals surface area contributed by atoms with Gasteiger partial charge in [0.2, 0.25) is 11.8 Å². The zero-order chi connectivity index (χ0) is 16.7. The zero-order valence-electron chi connectivity index (χ0n) is 13.4. The molecule has 2 amide bonds. The predicted octanol–water partition coefficient (Wildman–Crippen LogP) is 0.573. The standard InChI is InChI=1S/C15H23Cl2N3O3/c1-14(11-15(14,16)17)13(22)20-4-2-19(3-5-20)12(21)10-18-6-8-23-9-7-18/h2-11H2,1H3. The molecule has 0 aromatic rings. The first-order chi connectivity index (χ1) is 10.8. The Balaban J connectivity index is 1.46. The van der Waals surface area contributed by atoms with E-state index >= 15 is 0 Å². The second-order valence-corrected chi connectivity index (χ2v) is 8.26. The average molecular weight is 364 g/mol. The van der Waals surface area contributed by atoms with Crippen LogP contribution in [-0.4, -0.2) is 89.9 Å². The normalized spacial score (nSPS) is 31.1. The number of ether oxygens (including phenoxy) is 1. The van der Waals surface area contributed by atoms with E-state index in [-0.39, 0.29) is 11.8 Å². The summed E-state index contributed by atoms with van der Waals surface area (Å²) < 4.78 is 4.35. The third-order valence-electron chi connectivity index (χ3n) is 5.11. The molecule has 2 aliphatic heterocycles. The van der Waals surface area contributed by atoms with Gasteiger partial charge in [-0.3, -0.25) is 14.5 Å². The summed E-state index contributed by atoms with van der Waals surface area (Å²) in [4.78, 5) is 30.6. The molecular formula is C15H23Cl2N3O3. The molecule has 0 bridgehead atoms. The lowest BCUT2D eigenvalue weighted by molar-refractivity contribution is -0.143. The van der Waals surface area contributed by atoms with Crippen LogP contribution in [-0.2, 0) is 14.3 Å². The Hall–Kier alpha value is -0.560. The molecule has 3 aliphatic rings. The third-order valence-corrected chi connectivity index (χ3v) is 6.21. The smallest absolute Gasteiger partial charge is 0.236 e. The van der Waals surface area contributed by atoms with E-state index in [0.717, 1.165) is 13.1 Å². The Morgan fingerprint density at radius 2 is 1.52 bits per heavy atom. The van der Waals surface area contributed by atoms with Crippen molar-refractivity contribution in [2.45, 2.75) is 17.7 Å². The molecule has 0 radical (unpaired) electrons. The quantitative estimate of drug-likeness (QED) is 0.688. The Labute approximate surface area is 146 Å². The number of alkyl halides is 2. The summed E-state index contributed by atoms with van der Waals surface area (Å²) in [6.07, 6.45) is 0.498. The summed E-state index contributed by atoms with van der Waals surface area (Å²) in [7, 11) is 0. The van der Waals surface area contributed by atoms with Crippen molar-refractivity contribution in [3.63, 3.8) is 0 Å². The molecule has 130 valence electrons. The van der Waals surface area contributed by atoms with Crippen molar-refractivity contribution < 1.29 is 14.3 Å². The Morgan fingerprint density at radius 3 is 2.04 bits per heavy atom. The minimum absolute atomic E-state index is 0.00257. The van der Waals surface area contributed by atoms with Crippen molar-refractivity contribution in [3.05, 3.63) is 0 Å². The molecule has 1 aliphatic carbocycles. The fraction of sp³-hybridized carbons (Fsp3) is 0.867. The van der Waals surface area contributed by atoms with E-state index in [4.69, 9.17) is 27.9 Å². The van der Waals surface area contributed by atoms with Crippen LogP contribution in [0.5, 0.6) is 0 Å². The molecule has 0 spiro atoms. The lowest BCUT2D eigenvalue weighted by Gasteiger charge is -2.37. The first-order valence-electron chi connectivity index (χ1n) is 8.09. The van der Waals surface area contributed by atoms with Crippen molar-refractivity contribution in [1.29, 1.82) is 0 Å². The van der Waals surface area contributed by atoms with E-state index in [1.165, 1.54) is 0 Å². The monoisotopic (exact) mass is 363 g/mol. The van der Waals surface area contributed by atoms with Crippen molar-refractivity contribution in [3.8, 4) is 0 Å². The third kappa shape index (κ3) is 3.45. The molecule has 6 nitrogen and oxygen atoms in total. The molecule has 0 N–H and O–H groups in total. The highest BCUT2D eigenvalue weighted by Crippen LogP contribution is 2.64. The lowest BCUT2D eigenvalue weighted by atomic mass is 10.1. The minimum atomic E-state index is -0.937. The molecular weight excluding hydrogens is 341 g/mol. The van der Waals surface area contributed by atoms with Crippen LogP contribution in [0.3, 0.4) is 0 Å². The molecule has 3 rings (SSSR count). The summed E-state index contributed by atoms with van der Waals surface area (Å²) >= 11 is 12.2. The number of rotatable bonds is 3. The maximum Gasteiger partial charge on any atom is 0.236 e. The molecule has 23 heavy (non-hydrogen) atoms. The highest BCUT2D eigenvalue weighted by Gasteiger charge is 2.68. The molecule has 0 aromatic heterocycles. The Morgan fingerprint density at radius 1 is 1.00 bits per heavy atom. The number of halogens is 2. The van der Waals surface area contributed by atoms with Gasteiger partial charge in [0.15, 0.2) is 0 Å². The topological polar surface area (TPSA) is 53.1 Å². The molecule has 1 saturated carbocycles. The summed E-state index contributed by atoms with van der Waals surface area (Å²) in [5.74, 6) is 0.128. The fourth-order valence-electron chi connectivity index (χ4n) is 3.19. The van der Waals surface area contributed by atoms with Gasteiger partial charge < -0.3 is 14.5 Å². The SMILES string of the molecule is CC1(C(=O)N2CCN(C(=O)CN3CCOCC3)CC2)CC1(Cl)Cl. The number of piperazine rings is 1. The lowest BCUT2D eigenvalue weighted by Crippen LogP contribution is -2.54. The first kappa shape index (κ1) is 17.3. The van der Waals surface area contributed by atoms with Gasteiger partial charge in [-0.05, 0) is 13.3 Å². The number of hydrogen-bond acceptors (Lipinski definition) is 4. The Kier molecular flexibility index (Phi) is 4.80. The van der Waals surface area contributed by atoms with Crippen LogP contribution >= 0.6 is 23.2 Å². The van der Waals surface area contributed by atoms with E-state index in [1.54, 1.807) is 4.90 Å². The predicted molar refractivity (Wildman–Crippen MR) is 87.6 cm³/mol. The molecule has 1 atom stereocenters. The second kappa shape index (κ2) is 6.39. The summed E-state index contributed by atoms with van der Waals surface area (Å²) in [6, 6.07) is 0. The van der Waals surface area contributed by atoms with Gasteiger partial charge in [-0.2, -0.15) is 0 Å². The fourth-order valence-corrected chi connectivity index (χ4v) is 3.89. The number of nitrogens with zero attached hydrogens (tertiary/aromatic N) is 3. The number of amides is 2. The molecule has 2 heterocycles. The Bertz CT molecular complexity index is 488. The molecule has 0 aromatic carbocycles. The van der Waals surface area contributed by atoms with Crippen LogP contribution in [0.25, 0.3) is 0 Å². The van der Waals surface area contributed by atoms with E-state index in [1.807, 2.05) is 11.8 Å². The van der Waals surface area contributed by atoms with E-state index in [9.17, 15) is 9.59 Å². The van der Waals surface area contributed by atoms with Crippen LogP contribution in [0.4, 0.5) is 0 Å². The van der Waals surface area contributed by atoms with Gasteiger partial charge in [-0.25, -0.2) is 0 Å². The van der Waals surface area contributed by atoms with Crippen LogP contribution in [0.15, 0.2) is 0 Å². The van der Waals surface area contributed by atoms with Gasteiger partial charge in [0, 0.05) is 39.3 Å². The van der Waals surface area contributed by atoms with Gasteiger partial charge in [-0.1, -0.05) is 0 Å². The van der Waals surface area contributed by atoms with Gasteiger partial charge in [-0.15, -0.1) is 23.2 Å². The van der Waals surface area contributed by atoms with Gasteiger partial charge in [0.25, 0.3) is 0 Å². The first-order valence-corrected chi connectivity index (χ1v) is 8.84. The van der Waals surface area contributed by atoms with E-state index in [0.29, 0.717) is 52.4 Å². The van der Waals surface area contributed by atoms with Crippen molar-refractivity contribution in [1.82, 2.24) is 14.7 Å². The molecule has 2 saturated heterocycles. The van der Waals surface area contributed by atoms with Crippen LogP contribution < -0.4 is 0 Å². The highest BCUT2D eigenvalue weighted by molar-refractivity contribution is 6.53. The van der Waals surface area contributed by atoms with Crippen LogP contribution in [0, 0.1) is 5.41 Å². The van der Waals surface area contributed by atoms with Crippen molar-refractivity contribution in [2.24, 2.45) is 5.41 Å². The number of morpholine rings is 1. The van der Waals surface area contributed by atoms with Crippen LogP contribution in [0.1, 0.15) is 13.3 Å². The summed E-state index contributed by atoms with van der Waals surface area (Å²) in [6.45, 7) is 7.46. The van der Waals surface area contributed by atoms with Crippen molar-refractivity contribution >= 4 is 35.0 Å². The van der Waals surface area contributed by atoms with Crippen molar-refractivity contribution in [2.75, 3.05) is 59.0 Å².